The number of piperazine rings is 1. The third kappa shape index (κ3) is 5.26. The summed E-state index contributed by atoms with van der Waals surface area (Å²) in [4.78, 5) is 16.4. The summed E-state index contributed by atoms with van der Waals surface area (Å²) in [6, 6.07) is 14.7. The molecule has 0 bridgehead atoms. The number of terminal acetylenes is 1. The van der Waals surface area contributed by atoms with Gasteiger partial charge in [-0.25, -0.2) is 0 Å². The number of ether oxygens (including phenoxy) is 3. The number of phenolic OH excluding ortho intramolecular Hbond substituents is 1. The first-order valence-electron chi connectivity index (χ1n) is 12.4. The van der Waals surface area contributed by atoms with Crippen molar-refractivity contribution in [2.75, 3.05) is 57.1 Å². The van der Waals surface area contributed by atoms with E-state index < -0.39 is 0 Å². The molecule has 1 saturated heterocycles. The number of nitrogens with zero attached hydrogens (tertiary/aromatic N) is 3. The lowest BCUT2D eigenvalue weighted by Gasteiger charge is -2.35. The van der Waals surface area contributed by atoms with Crippen LogP contribution in [0.5, 0.6) is 23.0 Å². The second-order valence-electron chi connectivity index (χ2n) is 8.94. The predicted octanol–water partition coefficient (Wildman–Crippen LogP) is 4.63. The Morgan fingerprint density at radius 2 is 1.68 bits per heavy atom. The Kier molecular flexibility index (Phi) is 7.79. The van der Waals surface area contributed by atoms with Gasteiger partial charge in [0.1, 0.15) is 33.3 Å². The number of hydrogen-bond donors (Lipinski definition) is 2. The number of benzene rings is 3. The van der Waals surface area contributed by atoms with Crippen molar-refractivity contribution in [3.63, 3.8) is 0 Å². The summed E-state index contributed by atoms with van der Waals surface area (Å²) in [5, 5.41) is 15.5. The average molecular weight is 561 g/mol. The molecule has 1 aromatic heterocycles. The number of phenols is 1. The fraction of sp³-hybridized carbons (Fsp3) is 0.241. The van der Waals surface area contributed by atoms with Gasteiger partial charge in [-0.3, -0.25) is 4.79 Å². The number of nitrogens with one attached hydrogen (secondary N) is 1. The van der Waals surface area contributed by atoms with Crippen LogP contribution in [0.3, 0.4) is 0 Å². The highest BCUT2D eigenvalue weighted by molar-refractivity contribution is 8.00. The Morgan fingerprint density at radius 1 is 1.00 bits per heavy atom. The Balaban J connectivity index is 1.42. The maximum atomic E-state index is 11.8. The van der Waals surface area contributed by atoms with Crippen molar-refractivity contribution >= 4 is 40.3 Å². The molecule has 2 N–H and O–H groups in total. The number of hydrogen-bond acceptors (Lipinski definition) is 10. The van der Waals surface area contributed by atoms with E-state index in [1.165, 1.54) is 11.9 Å². The maximum absolute atomic E-state index is 11.8. The zero-order valence-electron chi connectivity index (χ0n) is 22.3. The minimum atomic E-state index is -0.307. The fourth-order valence-electron chi connectivity index (χ4n) is 4.65. The summed E-state index contributed by atoms with van der Waals surface area (Å²) in [5.74, 6) is 4.32. The van der Waals surface area contributed by atoms with E-state index in [-0.39, 0.29) is 11.7 Å². The van der Waals surface area contributed by atoms with E-state index in [0.29, 0.717) is 60.2 Å². The highest BCUT2D eigenvalue weighted by Crippen LogP contribution is 2.42. The standard InChI is InChI=1S/C29H28N4O6S/c1-5-26(35)33-11-9-32(10-12-33)20-13-18(14-21(34)17-20)19-15-24(38-4)27-25(16-19)39-30-29(27)31-40-28-22(36-2)7-6-8-23(28)37-3/h1,6-8,13-17,34H,9-12H2,2-4H3,(H,30,31). The molecule has 0 aliphatic carbocycles. The van der Waals surface area contributed by atoms with Gasteiger partial charge in [0.25, 0.3) is 5.91 Å². The molecule has 4 aromatic rings. The Bertz CT molecular complexity index is 1570. The van der Waals surface area contributed by atoms with E-state index in [1.54, 1.807) is 38.4 Å². The first-order chi connectivity index (χ1) is 19.4. The van der Waals surface area contributed by atoms with Crippen molar-refractivity contribution < 1.29 is 28.6 Å². The number of fused-ring (bicyclic) bond motifs is 1. The smallest absolute Gasteiger partial charge is 0.298 e. The third-order valence-electron chi connectivity index (χ3n) is 6.68. The van der Waals surface area contributed by atoms with Gasteiger partial charge in [0, 0.05) is 37.9 Å². The number of methoxy groups -OCH3 is 3. The highest BCUT2D eigenvalue weighted by Gasteiger charge is 2.22. The van der Waals surface area contributed by atoms with E-state index in [9.17, 15) is 9.90 Å². The minimum absolute atomic E-state index is 0.121. The van der Waals surface area contributed by atoms with Crippen LogP contribution in [-0.2, 0) is 4.79 Å². The normalized spacial score (nSPS) is 13.2. The second kappa shape index (κ2) is 11.6. The van der Waals surface area contributed by atoms with Crippen molar-refractivity contribution in [2.24, 2.45) is 0 Å². The van der Waals surface area contributed by atoms with Gasteiger partial charge in [-0.2, -0.15) is 0 Å². The van der Waals surface area contributed by atoms with Crippen molar-refractivity contribution in [1.29, 1.82) is 0 Å². The van der Waals surface area contributed by atoms with E-state index in [0.717, 1.165) is 21.7 Å². The molecule has 3 aromatic carbocycles. The predicted molar refractivity (Wildman–Crippen MR) is 154 cm³/mol. The molecular weight excluding hydrogens is 532 g/mol. The van der Waals surface area contributed by atoms with Crippen LogP contribution in [0, 0.1) is 12.3 Å². The number of carbonyl (C=O) groups is 1. The number of aromatic nitrogens is 1. The van der Waals surface area contributed by atoms with Crippen LogP contribution < -0.4 is 23.8 Å². The average Bonchev–Trinajstić information content (AvgIpc) is 3.41. The van der Waals surface area contributed by atoms with E-state index in [2.05, 4.69) is 20.7 Å². The van der Waals surface area contributed by atoms with Crippen LogP contribution in [-0.4, -0.2) is 68.6 Å². The van der Waals surface area contributed by atoms with Gasteiger partial charge < -0.3 is 38.4 Å². The molecule has 0 spiro atoms. The molecule has 40 heavy (non-hydrogen) atoms. The lowest BCUT2D eigenvalue weighted by atomic mass is 10.0. The van der Waals surface area contributed by atoms with Gasteiger partial charge in [-0.05, 0) is 65.4 Å². The SMILES string of the molecule is C#CC(=O)N1CCN(c2cc(O)cc(-c3cc(OC)c4c(NSc5c(OC)cccc5OC)noc4c3)c2)CC1. The van der Waals surface area contributed by atoms with Gasteiger partial charge in [0.15, 0.2) is 11.4 Å². The molecule has 1 aliphatic heterocycles. The first-order valence-corrected chi connectivity index (χ1v) is 13.2. The summed E-state index contributed by atoms with van der Waals surface area (Å²) in [5.41, 5.74) is 2.90. The molecule has 0 saturated carbocycles. The van der Waals surface area contributed by atoms with Gasteiger partial charge in [0.2, 0.25) is 0 Å². The third-order valence-corrected chi connectivity index (χ3v) is 7.58. The number of carbonyl (C=O) groups excluding carboxylic acids is 1. The van der Waals surface area contributed by atoms with E-state index in [1.807, 2.05) is 36.4 Å². The van der Waals surface area contributed by atoms with Gasteiger partial charge in [0.05, 0.1) is 21.3 Å². The quantitative estimate of drug-likeness (QED) is 0.234. The molecule has 1 fully saturated rings. The largest absolute Gasteiger partial charge is 0.508 e. The number of rotatable bonds is 8. The zero-order valence-corrected chi connectivity index (χ0v) is 23.1. The van der Waals surface area contributed by atoms with Crippen molar-refractivity contribution in [1.82, 2.24) is 10.1 Å². The lowest BCUT2D eigenvalue weighted by Crippen LogP contribution is -2.48. The van der Waals surface area contributed by atoms with Crippen LogP contribution in [0.15, 0.2) is 57.9 Å². The molecular formula is C29H28N4O6S. The minimum Gasteiger partial charge on any atom is -0.508 e. The summed E-state index contributed by atoms with van der Waals surface area (Å²) in [7, 11) is 4.78. The molecule has 1 amide bonds. The molecule has 2 heterocycles. The van der Waals surface area contributed by atoms with Crippen LogP contribution >= 0.6 is 11.9 Å². The van der Waals surface area contributed by atoms with Crippen LogP contribution in [0.2, 0.25) is 0 Å². The van der Waals surface area contributed by atoms with E-state index >= 15 is 0 Å². The fourth-order valence-corrected chi connectivity index (χ4v) is 5.50. The summed E-state index contributed by atoms with van der Waals surface area (Å²) in [6.07, 6.45) is 5.26. The van der Waals surface area contributed by atoms with Crippen molar-refractivity contribution in [2.45, 2.75) is 4.90 Å². The van der Waals surface area contributed by atoms with Gasteiger partial charge in [-0.1, -0.05) is 11.2 Å². The highest BCUT2D eigenvalue weighted by atomic mass is 32.2. The summed E-state index contributed by atoms with van der Waals surface area (Å²) < 4.78 is 25.6. The summed E-state index contributed by atoms with van der Waals surface area (Å²) in [6.45, 7) is 2.23. The topological polar surface area (TPSA) is 110 Å². The first kappa shape index (κ1) is 26.9. The number of anilines is 2. The van der Waals surface area contributed by atoms with Crippen molar-refractivity contribution in [3.05, 3.63) is 48.5 Å². The molecule has 206 valence electrons. The number of amides is 1. The molecule has 1 aliphatic rings. The van der Waals surface area contributed by atoms with E-state index in [4.69, 9.17) is 25.2 Å². The molecule has 11 heteroatoms. The Morgan fingerprint density at radius 3 is 2.33 bits per heavy atom. The summed E-state index contributed by atoms with van der Waals surface area (Å²) >= 11 is 1.29. The maximum Gasteiger partial charge on any atom is 0.298 e. The molecule has 0 radical (unpaired) electrons. The molecule has 0 unspecified atom stereocenters. The lowest BCUT2D eigenvalue weighted by molar-refractivity contribution is -0.125. The molecule has 10 nitrogen and oxygen atoms in total. The van der Waals surface area contributed by atoms with Gasteiger partial charge >= 0.3 is 0 Å². The van der Waals surface area contributed by atoms with Crippen LogP contribution in [0.25, 0.3) is 22.1 Å². The van der Waals surface area contributed by atoms with Crippen LogP contribution in [0.1, 0.15) is 0 Å². The van der Waals surface area contributed by atoms with Crippen LogP contribution in [0.4, 0.5) is 11.5 Å². The molecule has 0 atom stereocenters. The zero-order chi connectivity index (χ0) is 28.2. The Hall–Kier alpha value is -4.69. The second-order valence-corrected chi connectivity index (χ2v) is 9.76. The van der Waals surface area contributed by atoms with Crippen molar-refractivity contribution in [3.8, 4) is 46.5 Å². The van der Waals surface area contributed by atoms with Gasteiger partial charge in [-0.15, -0.1) is 6.42 Å². The Labute approximate surface area is 235 Å². The molecule has 5 rings (SSSR count). The number of aromatic hydroxyl groups is 1. The monoisotopic (exact) mass is 560 g/mol.